The molecule has 4 nitrogen and oxygen atoms in total. The molecule has 0 aliphatic rings. The SMILES string of the molecule is O=c1oc(-c2c(F)cccc2F)nn1-c1ccccc1Cl. The Morgan fingerprint density at radius 3 is 2.38 bits per heavy atom. The predicted octanol–water partition coefficient (Wildman–Crippen LogP) is 3.42. The van der Waals surface area contributed by atoms with Crippen LogP contribution in [0.2, 0.25) is 5.02 Å². The highest BCUT2D eigenvalue weighted by Crippen LogP contribution is 2.24. The molecule has 3 aromatic rings. The van der Waals surface area contributed by atoms with Crippen LogP contribution in [0.15, 0.2) is 51.7 Å². The molecule has 2 aromatic carbocycles. The van der Waals surface area contributed by atoms with Crippen LogP contribution in [-0.2, 0) is 0 Å². The quantitative estimate of drug-likeness (QED) is 0.729. The van der Waals surface area contributed by atoms with Gasteiger partial charge in [-0.05, 0) is 24.3 Å². The van der Waals surface area contributed by atoms with E-state index in [1.807, 2.05) is 0 Å². The summed E-state index contributed by atoms with van der Waals surface area (Å²) in [6.45, 7) is 0. The fourth-order valence-electron chi connectivity index (χ4n) is 1.86. The molecule has 0 amide bonds. The second-order valence-electron chi connectivity index (χ2n) is 4.13. The van der Waals surface area contributed by atoms with Gasteiger partial charge < -0.3 is 4.42 Å². The van der Waals surface area contributed by atoms with E-state index in [1.54, 1.807) is 18.2 Å². The highest BCUT2D eigenvalue weighted by Gasteiger charge is 2.19. The molecule has 1 aromatic heterocycles. The first-order valence-electron chi connectivity index (χ1n) is 5.87. The summed E-state index contributed by atoms with van der Waals surface area (Å²) >= 11 is 5.96. The van der Waals surface area contributed by atoms with Crippen molar-refractivity contribution in [3.05, 3.63) is 69.7 Å². The topological polar surface area (TPSA) is 48.0 Å². The van der Waals surface area contributed by atoms with E-state index < -0.39 is 28.8 Å². The molecule has 0 bridgehead atoms. The molecule has 3 rings (SSSR count). The number of hydrogen-bond donors (Lipinski definition) is 0. The van der Waals surface area contributed by atoms with Crippen molar-refractivity contribution in [1.82, 2.24) is 9.78 Å². The van der Waals surface area contributed by atoms with Crippen LogP contribution in [0, 0.1) is 11.6 Å². The van der Waals surface area contributed by atoms with Crippen molar-refractivity contribution < 1.29 is 13.2 Å². The minimum atomic E-state index is -0.888. The lowest BCUT2D eigenvalue weighted by molar-refractivity contribution is 0.504. The lowest BCUT2D eigenvalue weighted by atomic mass is 10.2. The van der Waals surface area contributed by atoms with Crippen molar-refractivity contribution in [2.45, 2.75) is 0 Å². The van der Waals surface area contributed by atoms with Crippen LogP contribution in [-0.4, -0.2) is 9.78 Å². The van der Waals surface area contributed by atoms with Crippen LogP contribution in [0.25, 0.3) is 17.1 Å². The fraction of sp³-hybridized carbons (Fsp3) is 0. The van der Waals surface area contributed by atoms with Crippen molar-refractivity contribution in [2.24, 2.45) is 0 Å². The van der Waals surface area contributed by atoms with Gasteiger partial charge in [0, 0.05) is 0 Å². The molecule has 0 aliphatic carbocycles. The number of halogens is 3. The number of nitrogens with zero attached hydrogens (tertiary/aromatic N) is 2. The monoisotopic (exact) mass is 308 g/mol. The van der Waals surface area contributed by atoms with Crippen molar-refractivity contribution in [2.75, 3.05) is 0 Å². The average Bonchev–Trinajstić information content (AvgIpc) is 2.81. The van der Waals surface area contributed by atoms with E-state index in [2.05, 4.69) is 5.10 Å². The van der Waals surface area contributed by atoms with Gasteiger partial charge in [-0.15, -0.1) is 5.10 Å². The number of benzene rings is 2. The van der Waals surface area contributed by atoms with E-state index in [-0.39, 0.29) is 10.7 Å². The van der Waals surface area contributed by atoms with Gasteiger partial charge in [-0.25, -0.2) is 13.6 Å². The summed E-state index contributed by atoms with van der Waals surface area (Å²) in [4.78, 5) is 11.8. The van der Waals surface area contributed by atoms with Crippen molar-refractivity contribution in [3.63, 3.8) is 0 Å². The molecule has 0 saturated carbocycles. The Balaban J connectivity index is 2.20. The lowest BCUT2D eigenvalue weighted by Gasteiger charge is -2.00. The van der Waals surface area contributed by atoms with E-state index >= 15 is 0 Å². The highest BCUT2D eigenvalue weighted by atomic mass is 35.5. The maximum atomic E-state index is 13.7. The highest BCUT2D eigenvalue weighted by molar-refractivity contribution is 6.32. The van der Waals surface area contributed by atoms with Gasteiger partial charge >= 0.3 is 5.76 Å². The zero-order valence-electron chi connectivity index (χ0n) is 10.4. The van der Waals surface area contributed by atoms with Gasteiger partial charge in [0.2, 0.25) is 0 Å². The van der Waals surface area contributed by atoms with Crippen molar-refractivity contribution >= 4 is 11.6 Å². The van der Waals surface area contributed by atoms with Gasteiger partial charge in [-0.1, -0.05) is 29.8 Å². The van der Waals surface area contributed by atoms with Crippen LogP contribution in [0.3, 0.4) is 0 Å². The maximum absolute atomic E-state index is 13.7. The van der Waals surface area contributed by atoms with Crippen LogP contribution in [0.4, 0.5) is 8.78 Å². The number of rotatable bonds is 2. The molecule has 0 atom stereocenters. The molecule has 0 N–H and O–H groups in total. The van der Waals surface area contributed by atoms with E-state index in [9.17, 15) is 13.6 Å². The number of hydrogen-bond acceptors (Lipinski definition) is 3. The zero-order chi connectivity index (χ0) is 15.0. The van der Waals surface area contributed by atoms with E-state index in [0.29, 0.717) is 0 Å². The average molecular weight is 309 g/mol. The molecule has 0 saturated heterocycles. The van der Waals surface area contributed by atoms with Crippen LogP contribution >= 0.6 is 11.6 Å². The largest absolute Gasteiger partial charge is 0.442 e. The third-order valence-corrected chi connectivity index (χ3v) is 3.12. The second kappa shape index (κ2) is 5.14. The summed E-state index contributed by atoms with van der Waals surface area (Å²) in [7, 11) is 0. The molecule has 0 spiro atoms. The summed E-state index contributed by atoms with van der Waals surface area (Å²) in [6, 6.07) is 9.71. The molecular weight excluding hydrogens is 302 g/mol. The molecule has 0 fully saturated rings. The van der Waals surface area contributed by atoms with Gasteiger partial charge in [0.15, 0.2) is 0 Å². The summed E-state index contributed by atoms with van der Waals surface area (Å²) < 4.78 is 33.0. The van der Waals surface area contributed by atoms with Gasteiger partial charge in [0.05, 0.1) is 10.7 Å². The lowest BCUT2D eigenvalue weighted by Crippen LogP contribution is -2.13. The number of para-hydroxylation sites is 1. The summed E-state index contributed by atoms with van der Waals surface area (Å²) in [5, 5.41) is 4.06. The zero-order valence-corrected chi connectivity index (χ0v) is 11.1. The Bertz CT molecular complexity index is 853. The van der Waals surface area contributed by atoms with Gasteiger partial charge in [-0.3, -0.25) is 0 Å². The molecule has 106 valence electrons. The molecule has 0 unspecified atom stereocenters. The first kappa shape index (κ1) is 13.5. The molecule has 0 radical (unpaired) electrons. The van der Waals surface area contributed by atoms with E-state index in [1.165, 1.54) is 12.1 Å². The fourth-order valence-corrected chi connectivity index (χ4v) is 2.07. The van der Waals surface area contributed by atoms with Gasteiger partial charge in [0.1, 0.15) is 17.2 Å². The van der Waals surface area contributed by atoms with Gasteiger partial charge in [0.25, 0.3) is 5.89 Å². The van der Waals surface area contributed by atoms with Crippen LogP contribution in [0.5, 0.6) is 0 Å². The molecular formula is C14H7ClF2N2O2. The third kappa shape index (κ3) is 2.34. The molecule has 0 aliphatic heterocycles. The second-order valence-corrected chi connectivity index (χ2v) is 4.54. The molecule has 7 heteroatoms. The Morgan fingerprint density at radius 1 is 1.05 bits per heavy atom. The Morgan fingerprint density at radius 2 is 1.71 bits per heavy atom. The predicted molar refractivity (Wildman–Crippen MR) is 72.5 cm³/mol. The Labute approximate surface area is 122 Å². The Kier molecular flexibility index (Phi) is 3.31. The number of aromatic nitrogens is 2. The standard InChI is InChI=1S/C14H7ClF2N2O2/c15-8-4-1-2-7-11(8)19-14(20)21-13(18-19)12-9(16)5-3-6-10(12)17/h1-7H. The maximum Gasteiger partial charge on any atom is 0.442 e. The molecule has 1 heterocycles. The van der Waals surface area contributed by atoms with Crippen molar-refractivity contribution in [3.8, 4) is 17.1 Å². The minimum absolute atomic E-state index is 0.258. The van der Waals surface area contributed by atoms with Crippen molar-refractivity contribution in [1.29, 1.82) is 0 Å². The van der Waals surface area contributed by atoms with E-state index in [0.717, 1.165) is 16.8 Å². The molecule has 21 heavy (non-hydrogen) atoms. The van der Waals surface area contributed by atoms with E-state index in [4.69, 9.17) is 16.0 Å². The third-order valence-electron chi connectivity index (χ3n) is 2.81. The van der Waals surface area contributed by atoms with Crippen LogP contribution in [0.1, 0.15) is 0 Å². The summed E-state index contributed by atoms with van der Waals surface area (Å²) in [6.07, 6.45) is 0. The first-order chi connectivity index (χ1) is 10.1. The minimum Gasteiger partial charge on any atom is -0.387 e. The smallest absolute Gasteiger partial charge is 0.387 e. The summed E-state index contributed by atoms with van der Waals surface area (Å²) in [5.41, 5.74) is -0.240. The normalized spacial score (nSPS) is 10.8. The first-order valence-corrected chi connectivity index (χ1v) is 6.25. The van der Waals surface area contributed by atoms with Gasteiger partial charge in [-0.2, -0.15) is 4.68 Å². The Hall–Kier alpha value is -2.47. The van der Waals surface area contributed by atoms with Crippen LogP contribution < -0.4 is 5.76 Å². The summed E-state index contributed by atoms with van der Waals surface area (Å²) in [5.74, 6) is -3.08.